The topological polar surface area (TPSA) is 34.4 Å². The van der Waals surface area contributed by atoms with Gasteiger partial charge in [-0.1, -0.05) is 18.5 Å². The Morgan fingerprint density at radius 2 is 2.16 bits per heavy atom. The maximum Gasteiger partial charge on any atom is 0.169 e. The zero-order valence-electron chi connectivity index (χ0n) is 10.6. The number of ether oxygens (including phenoxy) is 1. The van der Waals surface area contributed by atoms with Gasteiger partial charge in [-0.15, -0.1) is 0 Å². The lowest BCUT2D eigenvalue weighted by Gasteiger charge is -2.12. The molecule has 1 heterocycles. The van der Waals surface area contributed by atoms with E-state index in [1.807, 2.05) is 30.3 Å². The first-order valence-corrected chi connectivity index (χ1v) is 7.26. The molecule has 5 heteroatoms. The lowest BCUT2D eigenvalue weighted by Crippen LogP contribution is -2.03. The highest BCUT2D eigenvalue weighted by Crippen LogP contribution is 2.29. The molecular formula is C14H15BrClNO2. The minimum absolute atomic E-state index is 0.578. The van der Waals surface area contributed by atoms with Crippen LogP contribution in [0.5, 0.6) is 5.75 Å². The molecule has 2 rings (SSSR count). The van der Waals surface area contributed by atoms with Crippen LogP contribution in [-0.4, -0.2) is 6.61 Å². The first-order chi connectivity index (χ1) is 9.19. The van der Waals surface area contributed by atoms with Crippen LogP contribution in [-0.2, 0) is 6.54 Å². The van der Waals surface area contributed by atoms with Gasteiger partial charge in [0.2, 0.25) is 0 Å². The zero-order valence-corrected chi connectivity index (χ0v) is 12.9. The van der Waals surface area contributed by atoms with Gasteiger partial charge in [-0.3, -0.25) is 0 Å². The van der Waals surface area contributed by atoms with Crippen molar-refractivity contribution < 1.29 is 9.15 Å². The van der Waals surface area contributed by atoms with Crippen LogP contribution in [0.2, 0.25) is 5.02 Å². The van der Waals surface area contributed by atoms with Crippen LogP contribution >= 0.6 is 27.5 Å². The summed E-state index contributed by atoms with van der Waals surface area (Å²) in [6, 6.07) is 9.32. The number of furan rings is 1. The fourth-order valence-corrected chi connectivity index (χ4v) is 2.12. The van der Waals surface area contributed by atoms with Crippen molar-refractivity contribution in [3.63, 3.8) is 0 Å². The number of rotatable bonds is 6. The predicted molar refractivity (Wildman–Crippen MR) is 81.0 cm³/mol. The van der Waals surface area contributed by atoms with E-state index in [0.29, 0.717) is 18.2 Å². The summed E-state index contributed by atoms with van der Waals surface area (Å²) < 4.78 is 11.8. The summed E-state index contributed by atoms with van der Waals surface area (Å²) in [5.74, 6) is 1.64. The zero-order chi connectivity index (χ0) is 13.7. The van der Waals surface area contributed by atoms with Crippen LogP contribution < -0.4 is 10.1 Å². The van der Waals surface area contributed by atoms with E-state index < -0.39 is 0 Å². The van der Waals surface area contributed by atoms with Gasteiger partial charge in [-0.25, -0.2) is 0 Å². The molecule has 1 N–H and O–H groups in total. The molecule has 0 unspecified atom stereocenters. The summed E-state index contributed by atoms with van der Waals surface area (Å²) >= 11 is 9.29. The maximum absolute atomic E-state index is 6.01. The highest BCUT2D eigenvalue weighted by atomic mass is 79.9. The number of hydrogen-bond donors (Lipinski definition) is 1. The van der Waals surface area contributed by atoms with Gasteiger partial charge in [-0.2, -0.15) is 0 Å². The minimum Gasteiger partial charge on any atom is -0.491 e. The molecule has 1 aromatic heterocycles. The number of benzene rings is 1. The SMILES string of the molecule is CCCOc1ccc(Cl)cc1NCc1ccc(Br)o1. The Labute approximate surface area is 126 Å². The Balaban J connectivity index is 2.06. The van der Waals surface area contributed by atoms with E-state index in [1.165, 1.54) is 0 Å². The fraction of sp³-hybridized carbons (Fsp3) is 0.286. The van der Waals surface area contributed by atoms with Crippen molar-refractivity contribution in [1.82, 2.24) is 0 Å². The van der Waals surface area contributed by atoms with Gasteiger partial charge in [-0.05, 0) is 52.7 Å². The Morgan fingerprint density at radius 3 is 2.84 bits per heavy atom. The Hall–Kier alpha value is -1.13. The minimum atomic E-state index is 0.578. The molecule has 0 atom stereocenters. The van der Waals surface area contributed by atoms with Gasteiger partial charge >= 0.3 is 0 Å². The molecular weight excluding hydrogens is 330 g/mol. The summed E-state index contributed by atoms with van der Waals surface area (Å²) in [6.07, 6.45) is 0.965. The average Bonchev–Trinajstić information content (AvgIpc) is 2.81. The van der Waals surface area contributed by atoms with Crippen molar-refractivity contribution in [2.75, 3.05) is 11.9 Å². The third-order valence-electron chi connectivity index (χ3n) is 2.49. The number of anilines is 1. The van der Waals surface area contributed by atoms with Gasteiger partial charge in [0.1, 0.15) is 11.5 Å². The van der Waals surface area contributed by atoms with Crippen molar-refractivity contribution in [2.24, 2.45) is 0 Å². The van der Waals surface area contributed by atoms with E-state index in [-0.39, 0.29) is 0 Å². The molecule has 0 radical (unpaired) electrons. The highest BCUT2D eigenvalue weighted by Gasteiger charge is 2.06. The van der Waals surface area contributed by atoms with Crippen LogP contribution in [0.4, 0.5) is 5.69 Å². The summed E-state index contributed by atoms with van der Waals surface area (Å²) in [6.45, 7) is 3.33. The molecule has 0 saturated heterocycles. The van der Waals surface area contributed by atoms with Crippen molar-refractivity contribution in [3.05, 3.63) is 45.8 Å². The van der Waals surface area contributed by atoms with E-state index in [0.717, 1.165) is 28.3 Å². The standard InChI is InChI=1S/C14H15BrClNO2/c1-2-7-18-13-5-3-10(16)8-12(13)17-9-11-4-6-14(15)19-11/h3-6,8,17H,2,7,9H2,1H3. The van der Waals surface area contributed by atoms with Gasteiger partial charge in [0.05, 0.1) is 18.8 Å². The number of hydrogen-bond acceptors (Lipinski definition) is 3. The molecule has 0 spiro atoms. The largest absolute Gasteiger partial charge is 0.491 e. The number of halogens is 2. The summed E-state index contributed by atoms with van der Waals surface area (Å²) in [5, 5.41) is 3.94. The summed E-state index contributed by atoms with van der Waals surface area (Å²) in [4.78, 5) is 0. The molecule has 102 valence electrons. The molecule has 0 fully saturated rings. The van der Waals surface area contributed by atoms with Crippen molar-refractivity contribution in [2.45, 2.75) is 19.9 Å². The summed E-state index contributed by atoms with van der Waals surface area (Å²) in [7, 11) is 0. The Kier molecular flexibility index (Phi) is 5.16. The van der Waals surface area contributed by atoms with Crippen LogP contribution in [0, 0.1) is 0 Å². The second-order valence-electron chi connectivity index (χ2n) is 4.05. The smallest absolute Gasteiger partial charge is 0.169 e. The molecule has 0 saturated carbocycles. The molecule has 1 aromatic carbocycles. The van der Waals surface area contributed by atoms with E-state index >= 15 is 0 Å². The molecule has 0 aliphatic heterocycles. The highest BCUT2D eigenvalue weighted by molar-refractivity contribution is 9.10. The second-order valence-corrected chi connectivity index (χ2v) is 5.27. The molecule has 0 aliphatic carbocycles. The lowest BCUT2D eigenvalue weighted by atomic mass is 10.3. The normalized spacial score (nSPS) is 10.5. The van der Waals surface area contributed by atoms with Gasteiger partial charge < -0.3 is 14.5 Å². The summed E-state index contributed by atoms with van der Waals surface area (Å²) in [5.41, 5.74) is 0.869. The quantitative estimate of drug-likeness (QED) is 0.792. The predicted octanol–water partition coefficient (Wildman–Crippen LogP) is 5.10. The second kappa shape index (κ2) is 6.87. The van der Waals surface area contributed by atoms with Crippen LogP contribution in [0.3, 0.4) is 0 Å². The van der Waals surface area contributed by atoms with E-state index in [1.54, 1.807) is 0 Å². The third-order valence-corrected chi connectivity index (χ3v) is 3.15. The third kappa shape index (κ3) is 4.18. The van der Waals surface area contributed by atoms with Crippen molar-refractivity contribution in [3.8, 4) is 5.75 Å². The molecule has 0 amide bonds. The average molecular weight is 345 g/mol. The van der Waals surface area contributed by atoms with Gasteiger partial charge in [0.25, 0.3) is 0 Å². The van der Waals surface area contributed by atoms with Gasteiger partial charge in [0.15, 0.2) is 4.67 Å². The van der Waals surface area contributed by atoms with Crippen LogP contribution in [0.1, 0.15) is 19.1 Å². The molecule has 0 bridgehead atoms. The van der Waals surface area contributed by atoms with Crippen LogP contribution in [0.25, 0.3) is 0 Å². The molecule has 3 nitrogen and oxygen atoms in total. The van der Waals surface area contributed by atoms with E-state index in [2.05, 4.69) is 28.2 Å². The van der Waals surface area contributed by atoms with Crippen LogP contribution in [0.15, 0.2) is 39.4 Å². The fourth-order valence-electron chi connectivity index (χ4n) is 1.61. The Morgan fingerprint density at radius 1 is 1.32 bits per heavy atom. The maximum atomic E-state index is 6.01. The number of nitrogens with one attached hydrogen (secondary N) is 1. The Bertz CT molecular complexity index is 542. The first-order valence-electron chi connectivity index (χ1n) is 6.09. The first kappa shape index (κ1) is 14.3. The lowest BCUT2D eigenvalue weighted by molar-refractivity contribution is 0.318. The molecule has 0 aliphatic rings. The van der Waals surface area contributed by atoms with E-state index in [4.69, 9.17) is 20.8 Å². The molecule has 19 heavy (non-hydrogen) atoms. The van der Waals surface area contributed by atoms with E-state index in [9.17, 15) is 0 Å². The molecule has 2 aromatic rings. The van der Waals surface area contributed by atoms with Gasteiger partial charge in [0, 0.05) is 5.02 Å². The van der Waals surface area contributed by atoms with Crippen molar-refractivity contribution >= 4 is 33.2 Å². The van der Waals surface area contributed by atoms with Crippen molar-refractivity contribution in [1.29, 1.82) is 0 Å². The monoisotopic (exact) mass is 343 g/mol.